The molecule has 0 bridgehead atoms. The molecule has 1 rings (SSSR count). The summed E-state index contributed by atoms with van der Waals surface area (Å²) in [4.78, 5) is 4.06. The van der Waals surface area contributed by atoms with Crippen LogP contribution in [0.1, 0.15) is 18.2 Å². The van der Waals surface area contributed by atoms with Crippen LogP contribution in [0.25, 0.3) is 0 Å². The highest BCUT2D eigenvalue weighted by Crippen LogP contribution is 1.97. The van der Waals surface area contributed by atoms with Crippen LogP contribution >= 0.6 is 0 Å². The van der Waals surface area contributed by atoms with E-state index < -0.39 is 6.10 Å². The Kier molecular flexibility index (Phi) is 3.44. The summed E-state index contributed by atoms with van der Waals surface area (Å²) in [6, 6.07) is 3.66. The fourth-order valence-electron chi connectivity index (χ4n) is 0.798. The van der Waals surface area contributed by atoms with E-state index in [1.165, 1.54) is 0 Å². The van der Waals surface area contributed by atoms with Gasteiger partial charge in [-0.05, 0) is 24.5 Å². The Hall–Kier alpha value is -1.37. The molecular formula is C10H12N2O. The van der Waals surface area contributed by atoms with Crippen molar-refractivity contribution in [2.24, 2.45) is 5.73 Å². The van der Waals surface area contributed by atoms with Crippen LogP contribution in [0, 0.1) is 11.8 Å². The molecule has 1 heterocycles. The summed E-state index contributed by atoms with van der Waals surface area (Å²) in [5, 5.41) is 8.89. The minimum absolute atomic E-state index is 0.483. The molecule has 13 heavy (non-hydrogen) atoms. The molecule has 0 fully saturated rings. The van der Waals surface area contributed by atoms with Gasteiger partial charge in [-0.15, -0.1) is 0 Å². The maximum atomic E-state index is 8.89. The van der Waals surface area contributed by atoms with Crippen LogP contribution in [0.5, 0.6) is 0 Å². The number of aliphatic hydroxyl groups is 1. The summed E-state index contributed by atoms with van der Waals surface area (Å²) in [6.07, 6.45) is 1.07. The van der Waals surface area contributed by atoms with Gasteiger partial charge in [0.2, 0.25) is 0 Å². The van der Waals surface area contributed by atoms with Crippen molar-refractivity contribution in [3.8, 4) is 11.8 Å². The van der Waals surface area contributed by atoms with E-state index in [9.17, 15) is 0 Å². The lowest BCUT2D eigenvalue weighted by molar-refractivity contribution is 0.253. The van der Waals surface area contributed by atoms with Gasteiger partial charge >= 0.3 is 0 Å². The van der Waals surface area contributed by atoms with E-state index >= 15 is 0 Å². The van der Waals surface area contributed by atoms with Crippen molar-refractivity contribution in [2.75, 3.05) is 0 Å². The molecule has 3 heteroatoms. The van der Waals surface area contributed by atoms with Gasteiger partial charge < -0.3 is 10.8 Å². The van der Waals surface area contributed by atoms with E-state index in [1.807, 2.05) is 6.07 Å². The highest BCUT2D eigenvalue weighted by atomic mass is 16.3. The first-order valence-electron chi connectivity index (χ1n) is 4.07. The monoisotopic (exact) mass is 176 g/mol. The Bertz CT molecular complexity index is 319. The van der Waals surface area contributed by atoms with E-state index in [4.69, 9.17) is 10.8 Å². The molecule has 1 aromatic rings. The Labute approximate surface area is 77.6 Å². The quantitative estimate of drug-likeness (QED) is 0.604. The highest BCUT2D eigenvalue weighted by molar-refractivity contribution is 5.29. The number of aliphatic hydroxyl groups excluding tert-OH is 1. The Morgan fingerprint density at radius 1 is 1.62 bits per heavy atom. The topological polar surface area (TPSA) is 59.1 Å². The summed E-state index contributed by atoms with van der Waals surface area (Å²) >= 11 is 0. The highest BCUT2D eigenvalue weighted by Gasteiger charge is 1.90. The van der Waals surface area contributed by atoms with Gasteiger partial charge in [0.15, 0.2) is 0 Å². The third-order valence-corrected chi connectivity index (χ3v) is 1.47. The zero-order valence-corrected chi connectivity index (χ0v) is 7.49. The molecule has 0 aliphatic carbocycles. The Morgan fingerprint density at radius 2 is 2.38 bits per heavy atom. The molecule has 3 N–H and O–H groups in total. The number of pyridine rings is 1. The van der Waals surface area contributed by atoms with Gasteiger partial charge in [-0.1, -0.05) is 12.0 Å². The predicted octanol–water partition coefficient (Wildman–Crippen LogP) is 0.273. The van der Waals surface area contributed by atoms with Crippen molar-refractivity contribution in [1.82, 2.24) is 4.98 Å². The van der Waals surface area contributed by atoms with Crippen LogP contribution in [-0.2, 0) is 6.54 Å². The first-order valence-corrected chi connectivity index (χ1v) is 4.07. The maximum Gasteiger partial charge on any atom is 0.113 e. The molecular weight excluding hydrogens is 164 g/mol. The van der Waals surface area contributed by atoms with Gasteiger partial charge in [0.1, 0.15) is 11.8 Å². The lowest BCUT2D eigenvalue weighted by atomic mass is 10.2. The molecule has 0 radical (unpaired) electrons. The molecule has 0 amide bonds. The van der Waals surface area contributed by atoms with Crippen molar-refractivity contribution in [3.63, 3.8) is 0 Å². The van der Waals surface area contributed by atoms with Crippen molar-refractivity contribution in [2.45, 2.75) is 19.6 Å². The van der Waals surface area contributed by atoms with Crippen molar-refractivity contribution >= 4 is 0 Å². The number of nitrogens with zero attached hydrogens (tertiary/aromatic N) is 1. The number of rotatable bonds is 1. The maximum absolute atomic E-state index is 8.89. The third kappa shape index (κ3) is 3.24. The predicted molar refractivity (Wildman–Crippen MR) is 50.7 cm³/mol. The van der Waals surface area contributed by atoms with E-state index in [0.717, 1.165) is 5.56 Å². The van der Waals surface area contributed by atoms with Crippen molar-refractivity contribution in [3.05, 3.63) is 29.6 Å². The SMILES string of the molecule is C[C@H](O)C#Cc1ccc(CN)cn1. The molecule has 0 saturated heterocycles. The number of aromatic nitrogens is 1. The standard InChI is InChI=1S/C10H12N2O/c1-8(13)2-4-10-5-3-9(6-11)7-12-10/h3,5,7-8,13H,6,11H2,1H3/t8-/m0/s1. The molecule has 3 nitrogen and oxygen atoms in total. The van der Waals surface area contributed by atoms with Crippen LogP contribution in [0.4, 0.5) is 0 Å². The number of nitrogens with two attached hydrogens (primary N) is 1. The van der Waals surface area contributed by atoms with Crippen LogP contribution in [0.3, 0.4) is 0 Å². The van der Waals surface area contributed by atoms with Gasteiger partial charge in [-0.2, -0.15) is 0 Å². The van der Waals surface area contributed by atoms with Gasteiger partial charge in [0.25, 0.3) is 0 Å². The van der Waals surface area contributed by atoms with E-state index in [1.54, 1.807) is 19.2 Å². The van der Waals surface area contributed by atoms with Gasteiger partial charge in [-0.25, -0.2) is 4.98 Å². The van der Waals surface area contributed by atoms with E-state index in [2.05, 4.69) is 16.8 Å². The van der Waals surface area contributed by atoms with E-state index in [0.29, 0.717) is 12.2 Å². The average Bonchev–Trinajstić information content (AvgIpc) is 2.15. The lowest BCUT2D eigenvalue weighted by Crippen LogP contribution is -1.97. The van der Waals surface area contributed by atoms with Crippen LogP contribution < -0.4 is 5.73 Å². The smallest absolute Gasteiger partial charge is 0.113 e. The number of hydrogen-bond acceptors (Lipinski definition) is 3. The zero-order valence-electron chi connectivity index (χ0n) is 7.49. The van der Waals surface area contributed by atoms with Gasteiger partial charge in [0.05, 0.1) is 0 Å². The van der Waals surface area contributed by atoms with Crippen molar-refractivity contribution in [1.29, 1.82) is 0 Å². The molecule has 0 aliphatic heterocycles. The summed E-state index contributed by atoms with van der Waals surface area (Å²) in [6.45, 7) is 2.10. The van der Waals surface area contributed by atoms with Crippen LogP contribution in [-0.4, -0.2) is 16.2 Å². The van der Waals surface area contributed by atoms with Gasteiger partial charge in [-0.3, -0.25) is 0 Å². The van der Waals surface area contributed by atoms with Crippen LogP contribution in [0.15, 0.2) is 18.3 Å². The minimum atomic E-state index is -0.615. The third-order valence-electron chi connectivity index (χ3n) is 1.47. The summed E-state index contributed by atoms with van der Waals surface area (Å²) in [7, 11) is 0. The second kappa shape index (κ2) is 4.61. The molecule has 0 saturated carbocycles. The van der Waals surface area contributed by atoms with E-state index in [-0.39, 0.29) is 0 Å². The summed E-state index contributed by atoms with van der Waals surface area (Å²) in [5.74, 6) is 5.35. The van der Waals surface area contributed by atoms with Crippen LogP contribution in [0.2, 0.25) is 0 Å². The average molecular weight is 176 g/mol. The zero-order chi connectivity index (χ0) is 9.68. The lowest BCUT2D eigenvalue weighted by Gasteiger charge is -1.94. The first-order chi connectivity index (χ1) is 6.22. The first kappa shape index (κ1) is 9.72. The normalized spacial score (nSPS) is 11.6. The molecule has 1 atom stereocenters. The fraction of sp³-hybridized carbons (Fsp3) is 0.300. The summed E-state index contributed by atoms with van der Waals surface area (Å²) in [5.41, 5.74) is 7.03. The fourth-order valence-corrected chi connectivity index (χ4v) is 0.798. The summed E-state index contributed by atoms with van der Waals surface area (Å²) < 4.78 is 0. The van der Waals surface area contributed by atoms with Crippen molar-refractivity contribution < 1.29 is 5.11 Å². The second-order valence-electron chi connectivity index (χ2n) is 2.70. The Balaban J connectivity index is 2.77. The largest absolute Gasteiger partial charge is 0.381 e. The number of hydrogen-bond donors (Lipinski definition) is 2. The Morgan fingerprint density at radius 3 is 2.85 bits per heavy atom. The second-order valence-corrected chi connectivity index (χ2v) is 2.70. The molecule has 1 aromatic heterocycles. The molecule has 0 aliphatic rings. The molecule has 0 spiro atoms. The molecule has 0 aromatic carbocycles. The minimum Gasteiger partial charge on any atom is -0.381 e. The molecule has 68 valence electrons. The molecule has 0 unspecified atom stereocenters. The van der Waals surface area contributed by atoms with Gasteiger partial charge in [0, 0.05) is 12.7 Å².